The quantitative estimate of drug-likeness (QED) is 0.0348. The van der Waals surface area contributed by atoms with E-state index in [1.54, 1.807) is 14.2 Å². The molecule has 1 aliphatic heterocycles. The first kappa shape index (κ1) is 54.9. The third-order valence-corrected chi connectivity index (χ3v) is 33.5. The summed E-state index contributed by atoms with van der Waals surface area (Å²) >= 11 is -2.44. The molecule has 10 nitrogen and oxygen atoms in total. The summed E-state index contributed by atoms with van der Waals surface area (Å²) in [6.07, 6.45) is 16.9. The molecule has 0 saturated carbocycles. The van der Waals surface area contributed by atoms with Gasteiger partial charge in [-0.1, -0.05) is 41.5 Å². The van der Waals surface area contributed by atoms with Crippen molar-refractivity contribution in [3.05, 3.63) is 46.1 Å². The molecular weight excluding hydrogens is 922 g/mol. The Labute approximate surface area is 365 Å². The van der Waals surface area contributed by atoms with Gasteiger partial charge in [0.25, 0.3) is 5.88 Å². The van der Waals surface area contributed by atoms with E-state index in [1.807, 2.05) is 6.92 Å². The van der Waals surface area contributed by atoms with Crippen molar-refractivity contribution < 1.29 is 53.6 Å². The molecule has 60 heavy (non-hydrogen) atoms. The molecule has 0 unspecified atom stereocenters. The molecule has 1 aromatic heterocycles. The van der Waals surface area contributed by atoms with Gasteiger partial charge in [-0.05, 0) is 0 Å². The molecule has 0 aromatic carbocycles. The fraction of sp³-hybridized carbons (Fsp3) is 0.795. The van der Waals surface area contributed by atoms with E-state index in [1.165, 1.54) is 58.9 Å². The van der Waals surface area contributed by atoms with Crippen molar-refractivity contribution in [2.45, 2.75) is 199 Å². The van der Waals surface area contributed by atoms with Crippen LogP contribution in [0.2, 0.25) is 29.9 Å². The first-order chi connectivity index (χ1) is 28.1. The molecule has 0 bridgehead atoms. The van der Waals surface area contributed by atoms with Crippen molar-refractivity contribution >= 4 is 36.8 Å². The van der Waals surface area contributed by atoms with Gasteiger partial charge in [0.2, 0.25) is 5.89 Å². The Bertz CT molecular complexity index is 1560. The zero-order valence-corrected chi connectivity index (χ0v) is 43.5. The van der Waals surface area contributed by atoms with Crippen LogP contribution in [0, 0.1) is 0 Å². The number of oxazole rings is 1. The molecular formula is C44H78F3NO9SSiSn. The molecule has 1 saturated heterocycles. The van der Waals surface area contributed by atoms with Gasteiger partial charge < -0.3 is 18.1 Å². The Hall–Kier alpha value is -1.21. The monoisotopic (exact) mass is 1000 g/mol. The Kier molecular flexibility index (Phi) is 23.2. The fourth-order valence-electron chi connectivity index (χ4n) is 8.92. The average Bonchev–Trinajstić information content (AvgIpc) is 3.61. The number of halogens is 3. The van der Waals surface area contributed by atoms with Gasteiger partial charge in [0.1, 0.15) is 0 Å². The Morgan fingerprint density at radius 1 is 0.983 bits per heavy atom. The molecule has 1 aliphatic rings. The summed E-state index contributed by atoms with van der Waals surface area (Å²) in [6, 6.07) is 0. The standard InChI is InChI=1S/C32H51F3NO9SSi.3C4H9.Sn/c1-12-13-25(39-9)15-14-24(8)16-28(45-47(21(2)3,22(4)5)23(6)7)27-17-26(40-10)18-31(41-11,43-27)19-29-36-30(20-42-29)44-46(37,38)32(33,34)35;3*1-3-4-2;/h1,12,14-16,20-23,25-28H,13,17-19H2,2-11H3;3*1,3-4H2,2H3;/b12-1?,15-14+,24-16+;;;;/t25-,26-,27-,28+,31+;;;;/m1..../s1. The number of rotatable bonds is 28. The molecule has 16 heteroatoms. The third-order valence-electron chi connectivity index (χ3n) is 12.2. The van der Waals surface area contributed by atoms with E-state index in [0.717, 1.165) is 12.0 Å². The number of ether oxygens (including phenoxy) is 4. The van der Waals surface area contributed by atoms with Crippen LogP contribution < -0.4 is 4.18 Å². The number of unbranched alkanes of at least 4 members (excludes halogenated alkanes) is 3. The number of alkyl halides is 3. The summed E-state index contributed by atoms with van der Waals surface area (Å²) in [5.41, 5.74) is -3.85. The summed E-state index contributed by atoms with van der Waals surface area (Å²) in [5, 5.41) is 0. The third kappa shape index (κ3) is 15.8. The van der Waals surface area contributed by atoms with Crippen molar-refractivity contribution in [1.82, 2.24) is 4.98 Å². The second-order valence-corrected chi connectivity index (χ2v) is 37.5. The second kappa shape index (κ2) is 25.3. The van der Waals surface area contributed by atoms with Crippen molar-refractivity contribution in [1.29, 1.82) is 0 Å². The number of hydrogen-bond acceptors (Lipinski definition) is 10. The molecule has 5 atom stereocenters. The van der Waals surface area contributed by atoms with Gasteiger partial charge in [-0.25, -0.2) is 0 Å². The maximum atomic E-state index is 13.0. The SMILES string of the molecule is CCC[CH2][Sn](/[CH]=C/C[C@H](/C=C/C(C)=C/[C@H](O[Si](C(C)C)(C(C)C)C(C)C)[C@H]1C[C@@H](OC)C[C@](Cc2nc(OS(=O)(=O)C(F)(F)F)co2)(OC)O1)OC)([CH2]CCC)[CH2]CCC. The topological polar surface area (TPSA) is 116 Å². The van der Waals surface area contributed by atoms with Crippen molar-refractivity contribution in [3.8, 4) is 5.88 Å². The Balaban J connectivity index is 2.55. The number of nitrogens with zero attached hydrogens (tertiary/aromatic N) is 1. The van der Waals surface area contributed by atoms with Crippen LogP contribution in [-0.2, 0) is 39.9 Å². The van der Waals surface area contributed by atoms with Crippen LogP contribution in [0.3, 0.4) is 0 Å². The summed E-state index contributed by atoms with van der Waals surface area (Å²) in [4.78, 5) is 3.89. The molecule has 0 aliphatic carbocycles. The first-order valence-corrected chi connectivity index (χ1v) is 33.3. The van der Waals surface area contributed by atoms with E-state index in [0.29, 0.717) is 12.7 Å². The fourth-order valence-corrected chi connectivity index (χ4v) is 29.3. The van der Waals surface area contributed by atoms with E-state index >= 15 is 0 Å². The van der Waals surface area contributed by atoms with E-state index in [2.05, 4.69) is 99.9 Å². The van der Waals surface area contributed by atoms with Crippen LogP contribution in [0.5, 0.6) is 5.88 Å². The number of allylic oxidation sites excluding steroid dienone is 2. The molecule has 0 spiro atoms. The summed E-state index contributed by atoms with van der Waals surface area (Å²) in [6.45, 7) is 22.3. The second-order valence-electron chi connectivity index (χ2n) is 17.6. The van der Waals surface area contributed by atoms with E-state index < -0.39 is 66.2 Å². The number of hydrogen-bond donors (Lipinski definition) is 0. The molecule has 348 valence electrons. The first-order valence-electron chi connectivity index (χ1n) is 22.1. The summed E-state index contributed by atoms with van der Waals surface area (Å²) < 4.78 is 111. The van der Waals surface area contributed by atoms with Crippen LogP contribution in [0.1, 0.15) is 133 Å². The predicted molar refractivity (Wildman–Crippen MR) is 239 cm³/mol. The molecule has 1 aromatic rings. The molecule has 0 amide bonds. The van der Waals surface area contributed by atoms with Crippen molar-refractivity contribution in [2.75, 3.05) is 21.3 Å². The van der Waals surface area contributed by atoms with Crippen molar-refractivity contribution in [3.63, 3.8) is 0 Å². The van der Waals surface area contributed by atoms with E-state index in [9.17, 15) is 21.6 Å². The van der Waals surface area contributed by atoms with Gasteiger partial charge in [-0.2, -0.15) is 26.6 Å². The number of methoxy groups -OCH3 is 3. The van der Waals surface area contributed by atoms with Gasteiger partial charge in [0.05, 0.1) is 6.42 Å². The van der Waals surface area contributed by atoms with Gasteiger partial charge in [-0.3, -0.25) is 0 Å². The van der Waals surface area contributed by atoms with Crippen LogP contribution in [-0.4, -0.2) is 97.1 Å². The van der Waals surface area contributed by atoms with E-state index in [-0.39, 0.29) is 47.6 Å². The van der Waals surface area contributed by atoms with E-state index in [4.69, 9.17) is 27.8 Å². The van der Waals surface area contributed by atoms with Gasteiger partial charge in [0, 0.05) is 20.6 Å². The van der Waals surface area contributed by atoms with Crippen molar-refractivity contribution in [2.24, 2.45) is 0 Å². The van der Waals surface area contributed by atoms with Crippen LogP contribution in [0.25, 0.3) is 0 Å². The summed E-state index contributed by atoms with van der Waals surface area (Å²) in [5.74, 6) is -2.40. The molecule has 1 fully saturated rings. The molecule has 0 radical (unpaired) electrons. The van der Waals surface area contributed by atoms with Crippen LogP contribution >= 0.6 is 0 Å². The summed E-state index contributed by atoms with van der Waals surface area (Å²) in [7, 11) is -3.63. The Morgan fingerprint density at radius 2 is 1.55 bits per heavy atom. The van der Waals surface area contributed by atoms with Crippen LogP contribution in [0.4, 0.5) is 13.2 Å². The maximum absolute atomic E-state index is 13.0. The molecule has 2 heterocycles. The predicted octanol–water partition coefficient (Wildman–Crippen LogP) is 12.4. The van der Waals surface area contributed by atoms with Gasteiger partial charge in [0.15, 0.2) is 6.26 Å². The number of aromatic nitrogens is 1. The molecule has 2 rings (SSSR count). The normalized spacial score (nSPS) is 21.3. The minimum atomic E-state index is -5.95. The van der Waals surface area contributed by atoms with Gasteiger partial charge >= 0.3 is 236 Å². The zero-order valence-electron chi connectivity index (χ0n) is 38.9. The zero-order chi connectivity index (χ0) is 45.4. The average molecular weight is 1000 g/mol. The molecule has 0 N–H and O–H groups in total. The Morgan fingerprint density at radius 3 is 2.02 bits per heavy atom. The van der Waals surface area contributed by atoms with Crippen LogP contribution in [0.15, 0.2) is 44.6 Å². The minimum absolute atomic E-state index is 0.0994. The van der Waals surface area contributed by atoms with Gasteiger partial charge in [-0.15, -0.1) is 0 Å².